The SMILES string of the molecule is CC(=Cc1ccc([N+](=O)[O-])cc1)C(=O)O.CC(SC(=S)N1CCOCC1)C(=O)O. The molecule has 1 saturated heterocycles. The predicted octanol–water partition coefficient (Wildman–Crippen LogP) is 2.89. The van der Waals surface area contributed by atoms with Crippen molar-refractivity contribution in [2.24, 2.45) is 0 Å². The molecular weight excluding hydrogens is 420 g/mol. The first-order valence-electron chi connectivity index (χ1n) is 8.54. The van der Waals surface area contributed by atoms with Crippen LogP contribution in [0.5, 0.6) is 0 Å². The summed E-state index contributed by atoms with van der Waals surface area (Å²) in [5.74, 6) is -1.83. The quantitative estimate of drug-likeness (QED) is 0.304. The highest BCUT2D eigenvalue weighted by Gasteiger charge is 2.19. The molecule has 0 aromatic heterocycles. The predicted molar refractivity (Wildman–Crippen MR) is 114 cm³/mol. The van der Waals surface area contributed by atoms with Gasteiger partial charge < -0.3 is 19.8 Å². The van der Waals surface area contributed by atoms with E-state index in [0.29, 0.717) is 23.1 Å². The molecule has 2 rings (SSSR count). The zero-order valence-electron chi connectivity index (χ0n) is 15.9. The van der Waals surface area contributed by atoms with E-state index in [4.69, 9.17) is 27.2 Å². The Morgan fingerprint density at radius 1 is 1.28 bits per heavy atom. The van der Waals surface area contributed by atoms with E-state index in [-0.39, 0.29) is 11.3 Å². The highest BCUT2D eigenvalue weighted by molar-refractivity contribution is 8.23. The van der Waals surface area contributed by atoms with Crippen molar-refractivity contribution in [2.45, 2.75) is 19.1 Å². The summed E-state index contributed by atoms with van der Waals surface area (Å²) in [7, 11) is 0. The van der Waals surface area contributed by atoms with E-state index in [0.717, 1.165) is 13.1 Å². The van der Waals surface area contributed by atoms with Crippen molar-refractivity contribution in [3.8, 4) is 0 Å². The highest BCUT2D eigenvalue weighted by atomic mass is 32.2. The van der Waals surface area contributed by atoms with Crippen LogP contribution in [-0.2, 0) is 14.3 Å². The summed E-state index contributed by atoms with van der Waals surface area (Å²) >= 11 is 6.36. The van der Waals surface area contributed by atoms with Gasteiger partial charge in [-0.05, 0) is 37.6 Å². The van der Waals surface area contributed by atoms with Gasteiger partial charge in [-0.15, -0.1) is 0 Å². The molecule has 0 bridgehead atoms. The van der Waals surface area contributed by atoms with Gasteiger partial charge in [-0.25, -0.2) is 4.79 Å². The Morgan fingerprint density at radius 3 is 2.28 bits per heavy atom. The Bertz CT molecular complexity index is 775. The summed E-state index contributed by atoms with van der Waals surface area (Å²) in [6, 6.07) is 5.68. The Hall–Kier alpha value is -2.50. The molecule has 1 heterocycles. The number of morpholine rings is 1. The van der Waals surface area contributed by atoms with E-state index in [9.17, 15) is 19.7 Å². The summed E-state index contributed by atoms with van der Waals surface area (Å²) in [6.45, 7) is 5.96. The highest BCUT2D eigenvalue weighted by Crippen LogP contribution is 2.17. The lowest BCUT2D eigenvalue weighted by molar-refractivity contribution is -0.384. The monoisotopic (exact) mass is 442 g/mol. The maximum atomic E-state index is 10.6. The molecule has 1 aromatic carbocycles. The summed E-state index contributed by atoms with van der Waals surface area (Å²) < 4.78 is 5.83. The topological polar surface area (TPSA) is 130 Å². The first-order valence-corrected chi connectivity index (χ1v) is 9.82. The largest absolute Gasteiger partial charge is 0.480 e. The van der Waals surface area contributed by atoms with Crippen LogP contribution in [-0.4, -0.2) is 67.8 Å². The van der Waals surface area contributed by atoms with E-state index in [1.807, 2.05) is 4.90 Å². The zero-order chi connectivity index (χ0) is 22.0. The molecule has 1 fully saturated rings. The number of thiocarbonyl (C=S) groups is 1. The molecule has 1 aliphatic heterocycles. The van der Waals surface area contributed by atoms with E-state index in [1.165, 1.54) is 49.0 Å². The van der Waals surface area contributed by atoms with Crippen molar-refractivity contribution in [1.29, 1.82) is 0 Å². The maximum absolute atomic E-state index is 10.6. The van der Waals surface area contributed by atoms with Crippen LogP contribution in [0, 0.1) is 10.1 Å². The number of nitro benzene ring substituents is 1. The van der Waals surface area contributed by atoms with Gasteiger partial charge in [0.25, 0.3) is 5.69 Å². The number of hydrogen-bond donors (Lipinski definition) is 2. The number of nitro groups is 1. The van der Waals surface area contributed by atoms with Crippen LogP contribution in [0.1, 0.15) is 19.4 Å². The molecular formula is C18H22N2O7S2. The number of carboxylic acid groups (broad SMARTS) is 2. The third-order valence-electron chi connectivity index (χ3n) is 3.72. The Morgan fingerprint density at radius 2 is 1.83 bits per heavy atom. The first-order chi connectivity index (χ1) is 13.6. The number of carboxylic acids is 2. The van der Waals surface area contributed by atoms with Crippen LogP contribution in [0.25, 0.3) is 6.08 Å². The molecule has 1 aromatic rings. The number of hydrogen-bond acceptors (Lipinski definition) is 7. The normalized spacial score (nSPS) is 15.0. The standard InChI is InChI=1S/C10H9NO4.C8H13NO3S2/c1-7(10(12)13)6-8-2-4-9(5-3-8)11(14)15;1-6(7(10)11)14-8(13)9-2-4-12-5-3-9/h2-6H,1H3,(H,12,13);6H,2-5H2,1H3,(H,10,11). The molecule has 29 heavy (non-hydrogen) atoms. The number of nitrogens with zero attached hydrogens (tertiary/aromatic N) is 2. The van der Waals surface area contributed by atoms with Crippen molar-refractivity contribution in [3.05, 3.63) is 45.5 Å². The average Bonchev–Trinajstić information content (AvgIpc) is 2.69. The van der Waals surface area contributed by atoms with Gasteiger partial charge in [0.1, 0.15) is 9.57 Å². The second-order valence-corrected chi connectivity index (χ2v) is 7.92. The molecule has 0 radical (unpaired) electrons. The summed E-state index contributed by atoms with van der Waals surface area (Å²) in [5, 5.41) is 27.2. The summed E-state index contributed by atoms with van der Waals surface area (Å²) in [6.07, 6.45) is 1.45. The molecule has 2 N–H and O–H groups in total. The lowest BCUT2D eigenvalue weighted by atomic mass is 10.1. The van der Waals surface area contributed by atoms with Gasteiger partial charge in [0.15, 0.2) is 0 Å². The van der Waals surface area contributed by atoms with Gasteiger partial charge in [-0.1, -0.05) is 24.0 Å². The molecule has 1 atom stereocenters. The molecule has 0 aliphatic carbocycles. The molecule has 158 valence electrons. The van der Waals surface area contributed by atoms with Gasteiger partial charge in [-0.2, -0.15) is 0 Å². The van der Waals surface area contributed by atoms with Crippen LogP contribution < -0.4 is 0 Å². The van der Waals surface area contributed by atoms with Crippen LogP contribution in [0.3, 0.4) is 0 Å². The van der Waals surface area contributed by atoms with Crippen molar-refractivity contribution in [1.82, 2.24) is 4.90 Å². The minimum atomic E-state index is -1.01. The third kappa shape index (κ3) is 9.03. The smallest absolute Gasteiger partial charge is 0.331 e. The molecule has 9 nitrogen and oxygen atoms in total. The second kappa shape index (κ2) is 12.1. The lowest BCUT2D eigenvalue weighted by Gasteiger charge is -2.29. The van der Waals surface area contributed by atoms with Crippen LogP contribution in [0.15, 0.2) is 29.8 Å². The first kappa shape index (κ1) is 24.5. The Kier molecular flexibility index (Phi) is 10.3. The number of non-ortho nitro benzene ring substituents is 1. The molecule has 0 spiro atoms. The van der Waals surface area contributed by atoms with E-state index < -0.39 is 22.1 Å². The van der Waals surface area contributed by atoms with Crippen LogP contribution in [0.4, 0.5) is 5.69 Å². The minimum Gasteiger partial charge on any atom is -0.480 e. The van der Waals surface area contributed by atoms with Crippen LogP contribution >= 0.6 is 24.0 Å². The van der Waals surface area contributed by atoms with Crippen molar-refractivity contribution in [3.63, 3.8) is 0 Å². The molecule has 11 heteroatoms. The average molecular weight is 443 g/mol. The maximum Gasteiger partial charge on any atom is 0.331 e. The zero-order valence-corrected chi connectivity index (χ0v) is 17.6. The molecule has 0 saturated carbocycles. The Balaban J connectivity index is 0.000000291. The number of ether oxygens (including phenoxy) is 1. The fourth-order valence-corrected chi connectivity index (χ4v) is 3.38. The number of aliphatic carboxylic acids is 2. The fraction of sp³-hybridized carbons (Fsp3) is 0.389. The van der Waals surface area contributed by atoms with E-state index >= 15 is 0 Å². The van der Waals surface area contributed by atoms with Gasteiger partial charge >= 0.3 is 11.9 Å². The molecule has 0 amide bonds. The number of rotatable bonds is 5. The fourth-order valence-electron chi connectivity index (χ4n) is 2.03. The Labute approximate surface area is 177 Å². The van der Waals surface area contributed by atoms with Crippen LogP contribution in [0.2, 0.25) is 0 Å². The summed E-state index contributed by atoms with van der Waals surface area (Å²) in [4.78, 5) is 32.9. The summed E-state index contributed by atoms with van der Waals surface area (Å²) in [5.41, 5.74) is 0.796. The molecule has 1 aliphatic rings. The van der Waals surface area contributed by atoms with Gasteiger partial charge in [0, 0.05) is 30.8 Å². The lowest BCUT2D eigenvalue weighted by Crippen LogP contribution is -2.39. The number of benzene rings is 1. The second-order valence-electron chi connectivity index (χ2n) is 5.94. The van der Waals surface area contributed by atoms with E-state index in [1.54, 1.807) is 6.92 Å². The van der Waals surface area contributed by atoms with E-state index in [2.05, 4.69) is 0 Å². The number of carbonyl (C=O) groups is 2. The van der Waals surface area contributed by atoms with Gasteiger partial charge in [-0.3, -0.25) is 14.9 Å². The molecule has 1 unspecified atom stereocenters. The van der Waals surface area contributed by atoms with Crippen molar-refractivity contribution in [2.75, 3.05) is 26.3 Å². The van der Waals surface area contributed by atoms with Gasteiger partial charge in [0.2, 0.25) is 0 Å². The van der Waals surface area contributed by atoms with Crippen molar-refractivity contribution < 1.29 is 29.5 Å². The van der Waals surface area contributed by atoms with Gasteiger partial charge in [0.05, 0.1) is 18.1 Å². The van der Waals surface area contributed by atoms with Crippen molar-refractivity contribution >= 4 is 52.0 Å². The number of thioether (sulfide) groups is 1. The minimum absolute atomic E-state index is 0.0138. The third-order valence-corrected chi connectivity index (χ3v) is 5.28.